The van der Waals surface area contributed by atoms with E-state index < -0.39 is 0 Å². The Hall–Kier alpha value is -0.0800. The van der Waals surface area contributed by atoms with Crippen molar-refractivity contribution in [3.8, 4) is 0 Å². The fourth-order valence-corrected chi connectivity index (χ4v) is 4.04. The second kappa shape index (κ2) is 7.26. The first-order valence-corrected chi connectivity index (χ1v) is 8.43. The number of rotatable bonds is 7. The van der Waals surface area contributed by atoms with E-state index in [1.54, 1.807) is 0 Å². The molecule has 1 fully saturated rings. The average Bonchev–Trinajstić information content (AvgIpc) is 2.23. The molecule has 0 spiro atoms. The molecule has 0 aromatic heterocycles. The lowest BCUT2D eigenvalue weighted by atomic mass is 9.64. The van der Waals surface area contributed by atoms with Gasteiger partial charge in [0.25, 0.3) is 0 Å². The summed E-state index contributed by atoms with van der Waals surface area (Å²) in [5.74, 6) is 1.55. The minimum absolute atomic E-state index is 0.126. The Kier molecular flexibility index (Phi) is 6.53. The summed E-state index contributed by atoms with van der Waals surface area (Å²) in [4.78, 5) is 2.22. The smallest absolute Gasteiger partial charge is 0.0691 e. The highest BCUT2D eigenvalue weighted by atomic mass is 16.5. The van der Waals surface area contributed by atoms with Gasteiger partial charge in [0.2, 0.25) is 0 Å². The molecule has 1 rings (SSSR count). The van der Waals surface area contributed by atoms with Crippen molar-refractivity contribution in [3.63, 3.8) is 0 Å². The fraction of sp³-hybridized carbons (Fsp3) is 1.00. The first-order valence-electron chi connectivity index (χ1n) is 8.43. The predicted octanol–water partition coefficient (Wildman–Crippen LogP) is 4.59. The Morgan fingerprint density at radius 3 is 2.35 bits per heavy atom. The number of nitrogens with zero attached hydrogens (tertiary/aromatic N) is 1. The van der Waals surface area contributed by atoms with Crippen LogP contribution in [0.3, 0.4) is 0 Å². The van der Waals surface area contributed by atoms with Gasteiger partial charge in [-0.25, -0.2) is 0 Å². The molecule has 0 radical (unpaired) electrons. The fourth-order valence-electron chi connectivity index (χ4n) is 4.04. The van der Waals surface area contributed by atoms with Gasteiger partial charge >= 0.3 is 0 Å². The van der Waals surface area contributed by atoms with Gasteiger partial charge in [-0.05, 0) is 63.5 Å². The molecule has 1 saturated carbocycles. The number of likely N-dealkylation sites (N-methyl/N-ethyl adjacent to an activating group) is 1. The maximum Gasteiger partial charge on any atom is 0.0691 e. The largest absolute Gasteiger partial charge is 0.374 e. The molecule has 0 heterocycles. The van der Waals surface area contributed by atoms with Crippen molar-refractivity contribution in [2.45, 2.75) is 72.3 Å². The summed E-state index contributed by atoms with van der Waals surface area (Å²) in [5.41, 5.74) is 0.550. The second-order valence-electron chi connectivity index (χ2n) is 8.62. The maximum atomic E-state index is 6.50. The summed E-state index contributed by atoms with van der Waals surface area (Å²) < 4.78 is 6.50. The number of ether oxygens (including phenoxy) is 1. The van der Waals surface area contributed by atoms with E-state index in [0.29, 0.717) is 5.41 Å². The van der Waals surface area contributed by atoms with Crippen LogP contribution in [0.25, 0.3) is 0 Å². The topological polar surface area (TPSA) is 12.5 Å². The third-order valence-electron chi connectivity index (χ3n) is 4.55. The van der Waals surface area contributed by atoms with Crippen molar-refractivity contribution in [1.29, 1.82) is 0 Å². The van der Waals surface area contributed by atoms with Gasteiger partial charge in [-0.2, -0.15) is 0 Å². The lowest BCUT2D eigenvalue weighted by Crippen LogP contribution is -2.45. The Bertz CT molecular complexity index is 285. The van der Waals surface area contributed by atoms with Crippen LogP contribution in [0.4, 0.5) is 0 Å². The van der Waals surface area contributed by atoms with Gasteiger partial charge in [-0.15, -0.1) is 0 Å². The zero-order chi connectivity index (χ0) is 15.4. The quantitative estimate of drug-likeness (QED) is 0.678. The Balaban J connectivity index is 2.71. The molecule has 0 aliphatic heterocycles. The molecule has 0 saturated heterocycles. The van der Waals surface area contributed by atoms with E-state index in [2.05, 4.69) is 53.6 Å². The highest BCUT2D eigenvalue weighted by Crippen LogP contribution is 2.47. The summed E-state index contributed by atoms with van der Waals surface area (Å²) in [5, 5.41) is 0. The second-order valence-corrected chi connectivity index (χ2v) is 8.62. The summed E-state index contributed by atoms with van der Waals surface area (Å²) >= 11 is 0. The van der Waals surface area contributed by atoms with E-state index in [1.807, 2.05) is 0 Å². The Labute approximate surface area is 127 Å². The average molecular weight is 284 g/mol. The first kappa shape index (κ1) is 18.0. The van der Waals surface area contributed by atoms with Gasteiger partial charge in [0.15, 0.2) is 0 Å². The summed E-state index contributed by atoms with van der Waals surface area (Å²) in [6, 6.07) is 0. The third-order valence-corrected chi connectivity index (χ3v) is 4.55. The highest BCUT2D eigenvalue weighted by Gasteiger charge is 2.43. The molecular weight excluding hydrogens is 246 g/mol. The van der Waals surface area contributed by atoms with Crippen molar-refractivity contribution in [2.24, 2.45) is 17.3 Å². The van der Waals surface area contributed by atoms with Gasteiger partial charge in [0.05, 0.1) is 12.2 Å². The molecule has 0 aromatic carbocycles. The maximum absolute atomic E-state index is 6.50. The van der Waals surface area contributed by atoms with Crippen LogP contribution in [0.15, 0.2) is 0 Å². The molecular formula is C18H37NO. The van der Waals surface area contributed by atoms with Crippen molar-refractivity contribution in [3.05, 3.63) is 0 Å². The number of hydrogen-bond donors (Lipinski definition) is 0. The molecule has 1 aliphatic carbocycles. The Morgan fingerprint density at radius 2 is 1.85 bits per heavy atom. The predicted molar refractivity (Wildman–Crippen MR) is 88.1 cm³/mol. The van der Waals surface area contributed by atoms with Gasteiger partial charge in [-0.3, -0.25) is 0 Å². The monoisotopic (exact) mass is 283 g/mol. The highest BCUT2D eigenvalue weighted by molar-refractivity contribution is 4.94. The SMILES string of the molecule is CC(C)CCC1(OCCN(C)C)CC(C)CC(C)(C)C1. The minimum atomic E-state index is 0.126. The molecule has 2 nitrogen and oxygen atoms in total. The van der Waals surface area contributed by atoms with Gasteiger partial charge in [-0.1, -0.05) is 34.6 Å². The van der Waals surface area contributed by atoms with Crippen LogP contribution in [-0.2, 0) is 4.74 Å². The minimum Gasteiger partial charge on any atom is -0.374 e. The molecule has 2 atom stereocenters. The molecule has 120 valence electrons. The van der Waals surface area contributed by atoms with Crippen LogP contribution in [0.5, 0.6) is 0 Å². The van der Waals surface area contributed by atoms with Crippen LogP contribution in [-0.4, -0.2) is 37.7 Å². The lowest BCUT2D eigenvalue weighted by molar-refractivity contribution is -0.120. The van der Waals surface area contributed by atoms with E-state index in [9.17, 15) is 0 Å². The van der Waals surface area contributed by atoms with Crippen LogP contribution in [0.1, 0.15) is 66.7 Å². The summed E-state index contributed by atoms with van der Waals surface area (Å²) in [6.07, 6.45) is 6.32. The molecule has 0 N–H and O–H groups in total. The summed E-state index contributed by atoms with van der Waals surface area (Å²) in [7, 11) is 4.25. The normalized spacial score (nSPS) is 30.1. The molecule has 0 amide bonds. The van der Waals surface area contributed by atoms with E-state index in [4.69, 9.17) is 4.74 Å². The van der Waals surface area contributed by atoms with Crippen molar-refractivity contribution in [1.82, 2.24) is 4.90 Å². The third kappa shape index (κ3) is 6.13. The van der Waals surface area contributed by atoms with E-state index >= 15 is 0 Å². The van der Waals surface area contributed by atoms with Gasteiger partial charge in [0, 0.05) is 6.54 Å². The van der Waals surface area contributed by atoms with Crippen molar-refractivity contribution < 1.29 is 4.74 Å². The Morgan fingerprint density at radius 1 is 1.20 bits per heavy atom. The molecule has 2 unspecified atom stereocenters. The summed E-state index contributed by atoms with van der Waals surface area (Å²) in [6.45, 7) is 13.8. The molecule has 0 aromatic rings. The van der Waals surface area contributed by atoms with Crippen LogP contribution in [0.2, 0.25) is 0 Å². The van der Waals surface area contributed by atoms with E-state index in [-0.39, 0.29) is 5.60 Å². The van der Waals surface area contributed by atoms with Crippen LogP contribution in [0, 0.1) is 17.3 Å². The first-order chi connectivity index (χ1) is 9.14. The van der Waals surface area contributed by atoms with Crippen molar-refractivity contribution >= 4 is 0 Å². The lowest BCUT2D eigenvalue weighted by Gasteiger charge is -2.48. The van der Waals surface area contributed by atoms with Crippen LogP contribution >= 0.6 is 0 Å². The molecule has 2 heteroatoms. The molecule has 1 aliphatic rings. The molecule has 0 bridgehead atoms. The van der Waals surface area contributed by atoms with Gasteiger partial charge in [0.1, 0.15) is 0 Å². The van der Waals surface area contributed by atoms with E-state index in [0.717, 1.165) is 25.0 Å². The van der Waals surface area contributed by atoms with E-state index in [1.165, 1.54) is 32.1 Å². The molecule has 20 heavy (non-hydrogen) atoms. The zero-order valence-electron chi connectivity index (χ0n) is 15.0. The van der Waals surface area contributed by atoms with Gasteiger partial charge < -0.3 is 9.64 Å². The van der Waals surface area contributed by atoms with Crippen molar-refractivity contribution in [2.75, 3.05) is 27.2 Å². The van der Waals surface area contributed by atoms with Crippen LogP contribution < -0.4 is 0 Å². The zero-order valence-corrected chi connectivity index (χ0v) is 15.0. The number of hydrogen-bond acceptors (Lipinski definition) is 2. The standard InChI is InChI=1S/C18H37NO/c1-15(2)8-9-18(20-11-10-19(6)7)13-16(3)12-17(4,5)14-18/h15-16H,8-14H2,1-7H3.